The topological polar surface area (TPSA) is 66.8 Å². The van der Waals surface area contributed by atoms with Crippen molar-refractivity contribution in [2.45, 2.75) is 38.3 Å². The standard InChI is InChI=1S/C26H25NO4/c1-17-22(16-25(28)29)23-15-21(31-18(2)19-9-5-3-6-10-19)13-14-24(23)27(17)26(30)20-11-7-4-8-12-20/h3-15,17-18,22H,16H2,1-2H3,(H,28,29). The summed E-state index contributed by atoms with van der Waals surface area (Å²) < 4.78 is 6.14. The normalized spacial score (nSPS) is 18.3. The molecule has 158 valence electrons. The summed E-state index contributed by atoms with van der Waals surface area (Å²) in [6, 6.07) is 24.3. The van der Waals surface area contributed by atoms with Crippen molar-refractivity contribution in [3.05, 3.63) is 95.6 Å². The number of fused-ring (bicyclic) bond motifs is 1. The molecule has 0 bridgehead atoms. The maximum Gasteiger partial charge on any atom is 0.304 e. The molecule has 5 heteroatoms. The molecule has 1 heterocycles. The second kappa shape index (κ2) is 8.64. The molecule has 3 aromatic carbocycles. The van der Waals surface area contributed by atoms with Crippen molar-refractivity contribution in [3.8, 4) is 5.75 Å². The van der Waals surface area contributed by atoms with Crippen molar-refractivity contribution in [2.75, 3.05) is 4.90 Å². The van der Waals surface area contributed by atoms with Crippen LogP contribution in [0.5, 0.6) is 5.75 Å². The molecule has 3 unspecified atom stereocenters. The zero-order chi connectivity index (χ0) is 22.0. The van der Waals surface area contributed by atoms with Gasteiger partial charge in [0.25, 0.3) is 5.91 Å². The van der Waals surface area contributed by atoms with Gasteiger partial charge < -0.3 is 14.7 Å². The van der Waals surface area contributed by atoms with Crippen molar-refractivity contribution in [2.24, 2.45) is 0 Å². The zero-order valence-corrected chi connectivity index (χ0v) is 17.6. The van der Waals surface area contributed by atoms with E-state index in [2.05, 4.69) is 0 Å². The Labute approximate surface area is 181 Å². The minimum atomic E-state index is -0.888. The van der Waals surface area contributed by atoms with Gasteiger partial charge in [0.05, 0.1) is 6.42 Å². The van der Waals surface area contributed by atoms with Crippen LogP contribution < -0.4 is 9.64 Å². The average Bonchev–Trinajstić information content (AvgIpc) is 3.05. The van der Waals surface area contributed by atoms with E-state index in [1.807, 2.05) is 80.6 Å². The van der Waals surface area contributed by atoms with E-state index in [0.29, 0.717) is 11.3 Å². The molecular formula is C26H25NO4. The van der Waals surface area contributed by atoms with Gasteiger partial charge in [0, 0.05) is 23.2 Å². The smallest absolute Gasteiger partial charge is 0.304 e. The first-order chi connectivity index (χ1) is 15.0. The van der Waals surface area contributed by atoms with Crippen LogP contribution in [0.25, 0.3) is 0 Å². The van der Waals surface area contributed by atoms with Crippen LogP contribution in [0.4, 0.5) is 5.69 Å². The summed E-state index contributed by atoms with van der Waals surface area (Å²) in [5, 5.41) is 9.49. The van der Waals surface area contributed by atoms with Crippen molar-refractivity contribution in [1.82, 2.24) is 0 Å². The lowest BCUT2D eigenvalue weighted by Gasteiger charge is -2.25. The fourth-order valence-corrected chi connectivity index (χ4v) is 4.26. The molecule has 0 spiro atoms. The van der Waals surface area contributed by atoms with E-state index in [-0.39, 0.29) is 30.4 Å². The Bertz CT molecular complexity index is 1080. The number of aliphatic carboxylic acids is 1. The van der Waals surface area contributed by atoms with E-state index < -0.39 is 5.97 Å². The Morgan fingerprint density at radius 3 is 2.29 bits per heavy atom. The van der Waals surface area contributed by atoms with Gasteiger partial charge in [-0.15, -0.1) is 0 Å². The van der Waals surface area contributed by atoms with Crippen LogP contribution in [0.3, 0.4) is 0 Å². The molecule has 0 fully saturated rings. The highest BCUT2D eigenvalue weighted by atomic mass is 16.5. The number of benzene rings is 3. The molecule has 1 N–H and O–H groups in total. The highest BCUT2D eigenvalue weighted by molar-refractivity contribution is 6.08. The summed E-state index contributed by atoms with van der Waals surface area (Å²) in [4.78, 5) is 26.5. The monoisotopic (exact) mass is 415 g/mol. The Hall–Kier alpha value is -3.60. The molecule has 1 aliphatic heterocycles. The highest BCUT2D eigenvalue weighted by Crippen LogP contribution is 2.45. The quantitative estimate of drug-likeness (QED) is 0.583. The minimum Gasteiger partial charge on any atom is -0.486 e. The van der Waals surface area contributed by atoms with Gasteiger partial charge >= 0.3 is 5.97 Å². The Balaban J connectivity index is 1.68. The first-order valence-corrected chi connectivity index (χ1v) is 10.4. The predicted molar refractivity (Wildman–Crippen MR) is 120 cm³/mol. The van der Waals surface area contributed by atoms with Gasteiger partial charge in [0.1, 0.15) is 11.9 Å². The van der Waals surface area contributed by atoms with Crippen LogP contribution in [-0.2, 0) is 4.79 Å². The third kappa shape index (κ3) is 4.17. The van der Waals surface area contributed by atoms with E-state index in [1.165, 1.54) is 0 Å². The number of rotatable bonds is 6. The summed E-state index contributed by atoms with van der Waals surface area (Å²) in [7, 11) is 0. The lowest BCUT2D eigenvalue weighted by Crippen LogP contribution is -2.37. The molecule has 1 amide bonds. The van der Waals surface area contributed by atoms with Crippen LogP contribution in [0, 0.1) is 0 Å². The van der Waals surface area contributed by atoms with E-state index in [0.717, 1.165) is 16.8 Å². The highest BCUT2D eigenvalue weighted by Gasteiger charge is 2.40. The molecule has 0 radical (unpaired) electrons. The largest absolute Gasteiger partial charge is 0.486 e. The van der Waals surface area contributed by atoms with Gasteiger partial charge in [-0.05, 0) is 55.3 Å². The van der Waals surface area contributed by atoms with Gasteiger partial charge in [0.15, 0.2) is 0 Å². The maximum atomic E-state index is 13.2. The van der Waals surface area contributed by atoms with Gasteiger partial charge in [0.2, 0.25) is 0 Å². The third-order valence-electron chi connectivity index (χ3n) is 5.86. The van der Waals surface area contributed by atoms with Crippen LogP contribution in [0.2, 0.25) is 0 Å². The number of anilines is 1. The average molecular weight is 415 g/mol. The molecule has 3 atom stereocenters. The molecule has 3 aromatic rings. The number of carboxylic acids is 1. The molecule has 4 rings (SSSR count). The van der Waals surface area contributed by atoms with Gasteiger partial charge in [-0.3, -0.25) is 9.59 Å². The fourth-order valence-electron chi connectivity index (χ4n) is 4.26. The molecule has 0 saturated heterocycles. The van der Waals surface area contributed by atoms with Crippen molar-refractivity contribution in [1.29, 1.82) is 0 Å². The second-order valence-electron chi connectivity index (χ2n) is 7.88. The summed E-state index contributed by atoms with van der Waals surface area (Å²) >= 11 is 0. The maximum absolute atomic E-state index is 13.2. The second-order valence-corrected chi connectivity index (χ2v) is 7.88. The molecule has 0 aliphatic carbocycles. The minimum absolute atomic E-state index is 0.0512. The fraction of sp³-hybridized carbons (Fsp3) is 0.231. The van der Waals surface area contributed by atoms with Gasteiger partial charge in [-0.1, -0.05) is 48.5 Å². The predicted octanol–water partition coefficient (Wildman–Crippen LogP) is 5.43. The number of hydrogen-bond donors (Lipinski definition) is 1. The molecule has 0 saturated carbocycles. The molecule has 0 aromatic heterocycles. The first kappa shape index (κ1) is 20.7. The summed E-state index contributed by atoms with van der Waals surface area (Å²) in [6.45, 7) is 3.88. The number of nitrogens with zero attached hydrogens (tertiary/aromatic N) is 1. The molecule has 5 nitrogen and oxygen atoms in total. The number of hydrogen-bond acceptors (Lipinski definition) is 3. The van der Waals surface area contributed by atoms with Gasteiger partial charge in [-0.25, -0.2) is 0 Å². The van der Waals surface area contributed by atoms with Crippen LogP contribution in [-0.4, -0.2) is 23.0 Å². The molecular weight excluding hydrogens is 390 g/mol. The van der Waals surface area contributed by atoms with Crippen molar-refractivity contribution >= 4 is 17.6 Å². The van der Waals surface area contributed by atoms with E-state index >= 15 is 0 Å². The number of carboxylic acid groups (broad SMARTS) is 1. The van der Waals surface area contributed by atoms with E-state index in [1.54, 1.807) is 17.0 Å². The lowest BCUT2D eigenvalue weighted by atomic mass is 9.92. The third-order valence-corrected chi connectivity index (χ3v) is 5.86. The van der Waals surface area contributed by atoms with Crippen molar-refractivity contribution < 1.29 is 19.4 Å². The van der Waals surface area contributed by atoms with Crippen LogP contribution in [0.15, 0.2) is 78.9 Å². The number of carbonyl (C=O) groups is 2. The van der Waals surface area contributed by atoms with E-state index in [4.69, 9.17) is 4.74 Å². The number of amides is 1. The van der Waals surface area contributed by atoms with Gasteiger partial charge in [-0.2, -0.15) is 0 Å². The van der Waals surface area contributed by atoms with E-state index in [9.17, 15) is 14.7 Å². The Kier molecular flexibility index (Phi) is 5.76. The Morgan fingerprint density at radius 2 is 1.65 bits per heavy atom. The molecule has 1 aliphatic rings. The SMILES string of the molecule is CC(Oc1ccc2c(c1)C(CC(=O)O)C(C)N2C(=O)c1ccccc1)c1ccccc1. The number of ether oxygens (including phenoxy) is 1. The lowest BCUT2D eigenvalue weighted by molar-refractivity contribution is -0.137. The van der Waals surface area contributed by atoms with Crippen LogP contribution >= 0.6 is 0 Å². The summed E-state index contributed by atoms with van der Waals surface area (Å²) in [6.07, 6.45) is -0.206. The van der Waals surface area contributed by atoms with Crippen molar-refractivity contribution in [3.63, 3.8) is 0 Å². The Morgan fingerprint density at radius 1 is 1.00 bits per heavy atom. The van der Waals surface area contributed by atoms with Crippen LogP contribution in [0.1, 0.15) is 53.8 Å². The summed E-state index contributed by atoms with van der Waals surface area (Å²) in [5.41, 5.74) is 3.21. The molecule has 31 heavy (non-hydrogen) atoms. The first-order valence-electron chi connectivity index (χ1n) is 10.4. The summed E-state index contributed by atoms with van der Waals surface area (Å²) in [5.74, 6) is -0.670. The number of carbonyl (C=O) groups excluding carboxylic acids is 1. The zero-order valence-electron chi connectivity index (χ0n) is 17.6.